The van der Waals surface area contributed by atoms with Crippen molar-refractivity contribution in [1.82, 2.24) is 14.8 Å². The minimum absolute atomic E-state index is 0.104. The van der Waals surface area contributed by atoms with E-state index >= 15 is 0 Å². The number of unbranched alkanes of at least 4 members (excludes halogenated alkanes) is 1. The summed E-state index contributed by atoms with van der Waals surface area (Å²) in [6, 6.07) is 7.89. The first-order valence-electron chi connectivity index (χ1n) is 8.29. The Morgan fingerprint density at radius 1 is 1.29 bits per heavy atom. The molecule has 1 aliphatic heterocycles. The van der Waals surface area contributed by atoms with E-state index in [1.54, 1.807) is 11.0 Å². The maximum Gasteiger partial charge on any atom is 0.224 e. The van der Waals surface area contributed by atoms with Crippen LogP contribution in [0.4, 0.5) is 5.69 Å². The van der Waals surface area contributed by atoms with Crippen LogP contribution >= 0.6 is 21.6 Å². The van der Waals surface area contributed by atoms with Gasteiger partial charge in [0.25, 0.3) is 0 Å². The summed E-state index contributed by atoms with van der Waals surface area (Å²) in [4.78, 5) is 15.9. The lowest BCUT2D eigenvalue weighted by molar-refractivity contribution is -0.116. The lowest BCUT2D eigenvalue weighted by Gasteiger charge is -2.08. The van der Waals surface area contributed by atoms with E-state index in [4.69, 9.17) is 0 Å². The summed E-state index contributed by atoms with van der Waals surface area (Å²) in [7, 11) is 3.99. The van der Waals surface area contributed by atoms with E-state index in [9.17, 15) is 4.79 Å². The van der Waals surface area contributed by atoms with Gasteiger partial charge in [-0.2, -0.15) is 5.10 Å². The largest absolute Gasteiger partial charge is 0.326 e. The highest BCUT2D eigenvalue weighted by molar-refractivity contribution is 8.77. The Bertz CT molecular complexity index is 625. The van der Waals surface area contributed by atoms with Crippen molar-refractivity contribution in [2.75, 3.05) is 11.1 Å². The first-order chi connectivity index (χ1) is 11.8. The zero-order valence-corrected chi connectivity index (χ0v) is 15.2. The van der Waals surface area contributed by atoms with E-state index < -0.39 is 0 Å². The van der Waals surface area contributed by atoms with E-state index in [1.807, 2.05) is 45.9 Å². The van der Waals surface area contributed by atoms with Crippen molar-refractivity contribution < 1.29 is 4.79 Å². The zero-order chi connectivity index (χ0) is 16.6. The van der Waals surface area contributed by atoms with Crippen molar-refractivity contribution in [2.24, 2.45) is 0 Å². The summed E-state index contributed by atoms with van der Waals surface area (Å²) in [5.74, 6) is 1.38. The van der Waals surface area contributed by atoms with Gasteiger partial charge >= 0.3 is 0 Å². The second-order valence-corrected chi connectivity index (χ2v) is 8.70. The van der Waals surface area contributed by atoms with Crippen LogP contribution in [-0.4, -0.2) is 31.7 Å². The highest BCUT2D eigenvalue weighted by atomic mass is 33.1. The van der Waals surface area contributed by atoms with Crippen LogP contribution in [0.3, 0.4) is 0 Å². The molecule has 2 aromatic rings. The molecule has 128 valence electrons. The molecule has 0 saturated carbocycles. The predicted octanol–water partition coefficient (Wildman–Crippen LogP) is 3.98. The zero-order valence-electron chi connectivity index (χ0n) is 13.6. The molecule has 0 spiro atoms. The molecule has 1 amide bonds. The maximum atomic E-state index is 12.0. The van der Waals surface area contributed by atoms with Gasteiger partial charge in [-0.05, 0) is 37.0 Å². The summed E-state index contributed by atoms with van der Waals surface area (Å²) in [6.07, 6.45) is 8.49. The lowest BCUT2D eigenvalue weighted by Crippen LogP contribution is -2.11. The topological polar surface area (TPSA) is 59.8 Å². The molecule has 0 aliphatic carbocycles. The molecule has 0 radical (unpaired) electrons. The van der Waals surface area contributed by atoms with E-state index in [1.165, 1.54) is 24.9 Å². The van der Waals surface area contributed by atoms with Gasteiger partial charge in [-0.3, -0.25) is 4.79 Å². The Kier molecular flexibility index (Phi) is 6.60. The summed E-state index contributed by atoms with van der Waals surface area (Å²) in [6.45, 7) is 0.686. The van der Waals surface area contributed by atoms with Gasteiger partial charge in [0.15, 0.2) is 0 Å². The van der Waals surface area contributed by atoms with Crippen molar-refractivity contribution in [3.8, 4) is 0 Å². The van der Waals surface area contributed by atoms with E-state index in [2.05, 4.69) is 15.4 Å². The molecule has 24 heavy (non-hydrogen) atoms. The summed E-state index contributed by atoms with van der Waals surface area (Å²) < 4.78 is 1.77. The molecular weight excluding hydrogens is 340 g/mol. The normalized spacial score (nSPS) is 17.1. The van der Waals surface area contributed by atoms with E-state index in [-0.39, 0.29) is 5.91 Å². The molecule has 2 heterocycles. The number of carbonyl (C=O) groups is 1. The average molecular weight is 363 g/mol. The molecule has 3 rings (SSSR count). The van der Waals surface area contributed by atoms with Crippen LogP contribution in [0.2, 0.25) is 0 Å². The Labute approximate surface area is 150 Å². The third-order valence-corrected chi connectivity index (χ3v) is 6.96. The summed E-state index contributed by atoms with van der Waals surface area (Å²) in [5, 5.41) is 7.86. The van der Waals surface area contributed by atoms with Crippen molar-refractivity contribution in [1.29, 1.82) is 0 Å². The van der Waals surface area contributed by atoms with Crippen molar-refractivity contribution in [3.63, 3.8) is 0 Å². The van der Waals surface area contributed by atoms with Gasteiger partial charge in [-0.1, -0.05) is 40.1 Å². The molecule has 1 N–H and O–H groups in total. The fourth-order valence-corrected chi connectivity index (χ4v) is 5.67. The number of aromatic nitrogens is 3. The molecule has 1 aromatic carbocycles. The van der Waals surface area contributed by atoms with Crippen LogP contribution in [0, 0.1) is 0 Å². The van der Waals surface area contributed by atoms with Gasteiger partial charge in [0, 0.05) is 23.1 Å². The molecule has 1 aliphatic rings. The fourth-order valence-electron chi connectivity index (χ4n) is 2.64. The number of amides is 1. The Morgan fingerprint density at radius 2 is 2.17 bits per heavy atom. The van der Waals surface area contributed by atoms with E-state index in [0.717, 1.165) is 29.3 Å². The van der Waals surface area contributed by atoms with Crippen LogP contribution in [0.15, 0.2) is 36.9 Å². The van der Waals surface area contributed by atoms with Crippen LogP contribution < -0.4 is 5.32 Å². The summed E-state index contributed by atoms with van der Waals surface area (Å²) in [5.41, 5.74) is 1.98. The molecule has 1 atom stereocenters. The minimum Gasteiger partial charge on any atom is -0.326 e. The van der Waals surface area contributed by atoms with Gasteiger partial charge < -0.3 is 5.32 Å². The Balaban J connectivity index is 1.36. The van der Waals surface area contributed by atoms with Gasteiger partial charge in [-0.15, -0.1) is 0 Å². The third kappa shape index (κ3) is 5.56. The standard InChI is InChI=1S/C17H22N4OS2/c22-17(4-2-1-3-16-9-10-23-24-16)20-15-7-5-14(6-8-15)11-21-13-18-12-19-21/h5-8,12-13,16H,1-4,9-11H2,(H,20,22)/t16-/m1/s1. The average Bonchev–Trinajstić information content (AvgIpc) is 3.27. The summed E-state index contributed by atoms with van der Waals surface area (Å²) >= 11 is 0. The van der Waals surface area contributed by atoms with Gasteiger partial charge in [0.1, 0.15) is 12.7 Å². The second kappa shape index (κ2) is 9.13. The van der Waals surface area contributed by atoms with Crippen molar-refractivity contribution >= 4 is 33.2 Å². The van der Waals surface area contributed by atoms with E-state index in [0.29, 0.717) is 13.0 Å². The first kappa shape index (κ1) is 17.4. The fraction of sp³-hybridized carbons (Fsp3) is 0.471. The Morgan fingerprint density at radius 3 is 2.88 bits per heavy atom. The van der Waals surface area contributed by atoms with Crippen molar-refractivity contribution in [3.05, 3.63) is 42.5 Å². The van der Waals surface area contributed by atoms with Crippen LogP contribution in [-0.2, 0) is 11.3 Å². The van der Waals surface area contributed by atoms with Crippen LogP contribution in [0.5, 0.6) is 0 Å². The highest BCUT2D eigenvalue weighted by Crippen LogP contribution is 2.39. The minimum atomic E-state index is 0.104. The lowest BCUT2D eigenvalue weighted by atomic mass is 10.1. The van der Waals surface area contributed by atoms with Gasteiger partial charge in [0.05, 0.1) is 6.54 Å². The monoisotopic (exact) mass is 362 g/mol. The smallest absolute Gasteiger partial charge is 0.224 e. The van der Waals surface area contributed by atoms with Gasteiger partial charge in [-0.25, -0.2) is 9.67 Å². The molecule has 1 saturated heterocycles. The first-order valence-corrected chi connectivity index (χ1v) is 10.7. The number of carbonyl (C=O) groups excluding carboxylic acids is 1. The van der Waals surface area contributed by atoms with Crippen LogP contribution in [0.25, 0.3) is 0 Å². The molecule has 1 aromatic heterocycles. The number of nitrogens with one attached hydrogen (secondary N) is 1. The molecular formula is C17H22N4OS2. The van der Waals surface area contributed by atoms with Crippen LogP contribution in [0.1, 0.15) is 37.7 Å². The quantitative estimate of drug-likeness (QED) is 0.568. The maximum absolute atomic E-state index is 12.0. The SMILES string of the molecule is O=C(CCCC[C@@H]1CCSS1)Nc1ccc(Cn2cncn2)cc1. The number of nitrogens with zero attached hydrogens (tertiary/aromatic N) is 3. The molecule has 1 fully saturated rings. The second-order valence-electron chi connectivity index (χ2n) is 5.91. The van der Waals surface area contributed by atoms with Gasteiger partial charge in [0.2, 0.25) is 5.91 Å². The number of rotatable bonds is 8. The number of hydrogen-bond acceptors (Lipinski definition) is 5. The number of hydrogen-bond donors (Lipinski definition) is 1. The number of anilines is 1. The molecule has 7 heteroatoms. The number of benzene rings is 1. The van der Waals surface area contributed by atoms with Crippen molar-refractivity contribution in [2.45, 2.75) is 43.9 Å². The molecule has 0 bridgehead atoms. The highest BCUT2D eigenvalue weighted by Gasteiger charge is 2.15. The third-order valence-electron chi connectivity index (χ3n) is 3.96. The molecule has 0 unspecified atom stereocenters. The Hall–Kier alpha value is -1.47. The molecule has 5 nitrogen and oxygen atoms in total. The predicted molar refractivity (Wildman–Crippen MR) is 101 cm³/mol.